The van der Waals surface area contributed by atoms with E-state index in [1.807, 2.05) is 0 Å². The lowest BCUT2D eigenvalue weighted by atomic mass is 9.94. The van der Waals surface area contributed by atoms with Crippen molar-refractivity contribution in [1.29, 1.82) is 0 Å². The van der Waals surface area contributed by atoms with Crippen LogP contribution in [0.4, 0.5) is 0 Å². The first-order valence-corrected chi connectivity index (χ1v) is 6.07. The molecule has 0 aromatic carbocycles. The fourth-order valence-corrected chi connectivity index (χ4v) is 2.11. The second-order valence-electron chi connectivity index (χ2n) is 5.26. The summed E-state index contributed by atoms with van der Waals surface area (Å²) in [5.41, 5.74) is 6.01. The van der Waals surface area contributed by atoms with E-state index in [-0.39, 0.29) is 0 Å². The molecule has 0 aromatic heterocycles. The molecular weight excluding hydrogens is 186 g/mol. The first kappa shape index (κ1) is 12.3. The third kappa shape index (κ3) is 3.73. The Balaban J connectivity index is 2.51. The second-order valence-corrected chi connectivity index (χ2v) is 5.26. The van der Waals surface area contributed by atoms with Gasteiger partial charge in [0.05, 0.1) is 0 Å². The number of aliphatic imine (C=N–C) groups is 1. The molecule has 1 saturated heterocycles. The van der Waals surface area contributed by atoms with E-state index >= 15 is 0 Å². The van der Waals surface area contributed by atoms with Crippen LogP contribution in [-0.4, -0.2) is 30.0 Å². The van der Waals surface area contributed by atoms with Crippen LogP contribution in [0.2, 0.25) is 0 Å². The molecule has 0 bridgehead atoms. The van der Waals surface area contributed by atoms with Crippen molar-refractivity contribution in [3.8, 4) is 0 Å². The first-order valence-electron chi connectivity index (χ1n) is 6.07. The SMILES string of the molecule is CC(C)CN=C(N)N1CCC(C)CC1C. The van der Waals surface area contributed by atoms with Crippen molar-refractivity contribution in [2.24, 2.45) is 22.6 Å². The lowest BCUT2D eigenvalue weighted by molar-refractivity contribution is 0.207. The number of rotatable bonds is 2. The van der Waals surface area contributed by atoms with Crippen molar-refractivity contribution in [1.82, 2.24) is 4.90 Å². The minimum Gasteiger partial charge on any atom is -0.370 e. The zero-order valence-electron chi connectivity index (χ0n) is 10.5. The molecule has 1 heterocycles. The van der Waals surface area contributed by atoms with Crippen LogP contribution in [-0.2, 0) is 0 Å². The Morgan fingerprint density at radius 3 is 2.67 bits per heavy atom. The summed E-state index contributed by atoms with van der Waals surface area (Å²) in [7, 11) is 0. The smallest absolute Gasteiger partial charge is 0.191 e. The van der Waals surface area contributed by atoms with Crippen LogP contribution in [0, 0.1) is 11.8 Å². The van der Waals surface area contributed by atoms with E-state index in [4.69, 9.17) is 5.73 Å². The molecule has 0 amide bonds. The normalized spacial score (nSPS) is 28.6. The topological polar surface area (TPSA) is 41.6 Å². The third-order valence-corrected chi connectivity index (χ3v) is 3.05. The maximum absolute atomic E-state index is 6.01. The maximum atomic E-state index is 6.01. The summed E-state index contributed by atoms with van der Waals surface area (Å²) >= 11 is 0. The molecule has 0 radical (unpaired) electrons. The Morgan fingerprint density at radius 1 is 1.47 bits per heavy atom. The van der Waals surface area contributed by atoms with Gasteiger partial charge in [0.1, 0.15) is 0 Å². The standard InChI is InChI=1S/C12H25N3/c1-9(2)8-14-12(13)15-6-5-10(3)7-11(15)4/h9-11H,5-8H2,1-4H3,(H2,13,14). The number of piperidine rings is 1. The van der Waals surface area contributed by atoms with Gasteiger partial charge in [-0.1, -0.05) is 20.8 Å². The molecule has 3 nitrogen and oxygen atoms in total. The molecule has 15 heavy (non-hydrogen) atoms. The highest BCUT2D eigenvalue weighted by Crippen LogP contribution is 2.21. The predicted molar refractivity (Wildman–Crippen MR) is 65.9 cm³/mol. The molecule has 2 unspecified atom stereocenters. The van der Waals surface area contributed by atoms with Crippen LogP contribution in [0.5, 0.6) is 0 Å². The van der Waals surface area contributed by atoms with Crippen LogP contribution in [0.3, 0.4) is 0 Å². The van der Waals surface area contributed by atoms with Crippen molar-refractivity contribution in [3.63, 3.8) is 0 Å². The van der Waals surface area contributed by atoms with Crippen molar-refractivity contribution in [2.75, 3.05) is 13.1 Å². The second kappa shape index (κ2) is 5.38. The zero-order chi connectivity index (χ0) is 11.4. The van der Waals surface area contributed by atoms with Crippen molar-refractivity contribution in [2.45, 2.75) is 46.6 Å². The molecule has 0 aromatic rings. The van der Waals surface area contributed by atoms with Gasteiger partial charge in [0.15, 0.2) is 5.96 Å². The first-order chi connectivity index (χ1) is 7.00. The number of hydrogen-bond donors (Lipinski definition) is 1. The molecule has 2 atom stereocenters. The van der Waals surface area contributed by atoms with Crippen LogP contribution in [0.1, 0.15) is 40.5 Å². The molecule has 1 aliphatic heterocycles. The predicted octanol–water partition coefficient (Wildman–Crippen LogP) is 2.08. The van der Waals surface area contributed by atoms with Gasteiger partial charge in [-0.05, 0) is 31.6 Å². The lowest BCUT2D eigenvalue weighted by Crippen LogP contribution is -2.48. The van der Waals surface area contributed by atoms with Gasteiger partial charge in [-0.25, -0.2) is 0 Å². The molecule has 1 aliphatic rings. The average molecular weight is 211 g/mol. The Bertz CT molecular complexity index is 223. The van der Waals surface area contributed by atoms with Gasteiger partial charge in [-0.3, -0.25) is 4.99 Å². The molecule has 88 valence electrons. The van der Waals surface area contributed by atoms with E-state index in [0.717, 1.165) is 25.0 Å². The highest BCUT2D eigenvalue weighted by Gasteiger charge is 2.23. The number of hydrogen-bond acceptors (Lipinski definition) is 1. The molecule has 1 fully saturated rings. The van der Waals surface area contributed by atoms with Crippen LogP contribution < -0.4 is 5.73 Å². The number of nitrogens with two attached hydrogens (primary N) is 1. The van der Waals surface area contributed by atoms with Crippen molar-refractivity contribution >= 4 is 5.96 Å². The van der Waals surface area contributed by atoms with Gasteiger partial charge in [0.2, 0.25) is 0 Å². The van der Waals surface area contributed by atoms with Gasteiger partial charge in [-0.2, -0.15) is 0 Å². The monoisotopic (exact) mass is 211 g/mol. The molecule has 0 saturated carbocycles. The fourth-order valence-electron chi connectivity index (χ4n) is 2.11. The summed E-state index contributed by atoms with van der Waals surface area (Å²) in [6.45, 7) is 10.8. The Labute approximate surface area is 93.7 Å². The summed E-state index contributed by atoms with van der Waals surface area (Å²) in [5, 5.41) is 0. The largest absolute Gasteiger partial charge is 0.370 e. The summed E-state index contributed by atoms with van der Waals surface area (Å²) in [4.78, 5) is 6.70. The molecule has 0 aliphatic carbocycles. The van der Waals surface area contributed by atoms with Gasteiger partial charge in [0, 0.05) is 19.1 Å². The summed E-state index contributed by atoms with van der Waals surface area (Å²) < 4.78 is 0. The van der Waals surface area contributed by atoms with Crippen LogP contribution in [0.25, 0.3) is 0 Å². The number of guanidine groups is 1. The maximum Gasteiger partial charge on any atom is 0.191 e. The van der Waals surface area contributed by atoms with Gasteiger partial charge >= 0.3 is 0 Å². The Hall–Kier alpha value is -0.730. The van der Waals surface area contributed by atoms with E-state index < -0.39 is 0 Å². The quantitative estimate of drug-likeness (QED) is 0.561. The van der Waals surface area contributed by atoms with Gasteiger partial charge < -0.3 is 10.6 Å². The average Bonchev–Trinajstić information content (AvgIpc) is 2.14. The summed E-state index contributed by atoms with van der Waals surface area (Å²) in [6, 6.07) is 0.546. The number of nitrogens with zero attached hydrogens (tertiary/aromatic N) is 2. The van der Waals surface area contributed by atoms with Crippen molar-refractivity contribution < 1.29 is 0 Å². The van der Waals surface area contributed by atoms with Crippen molar-refractivity contribution in [3.05, 3.63) is 0 Å². The van der Waals surface area contributed by atoms with Gasteiger partial charge in [-0.15, -0.1) is 0 Å². The molecule has 0 spiro atoms. The zero-order valence-corrected chi connectivity index (χ0v) is 10.5. The Kier molecular flexibility index (Phi) is 4.43. The van der Waals surface area contributed by atoms with E-state index in [2.05, 4.69) is 37.6 Å². The molecule has 3 heteroatoms. The number of likely N-dealkylation sites (tertiary alicyclic amines) is 1. The fraction of sp³-hybridized carbons (Fsp3) is 0.917. The van der Waals surface area contributed by atoms with Crippen LogP contribution in [0.15, 0.2) is 4.99 Å². The third-order valence-electron chi connectivity index (χ3n) is 3.05. The van der Waals surface area contributed by atoms with E-state index in [0.29, 0.717) is 12.0 Å². The van der Waals surface area contributed by atoms with E-state index in [9.17, 15) is 0 Å². The minimum absolute atomic E-state index is 0.546. The van der Waals surface area contributed by atoms with Crippen LogP contribution >= 0.6 is 0 Å². The van der Waals surface area contributed by atoms with E-state index in [1.54, 1.807) is 0 Å². The lowest BCUT2D eigenvalue weighted by Gasteiger charge is -2.37. The summed E-state index contributed by atoms with van der Waals surface area (Å²) in [6.07, 6.45) is 2.47. The van der Waals surface area contributed by atoms with E-state index in [1.165, 1.54) is 12.8 Å². The molecule has 2 N–H and O–H groups in total. The Morgan fingerprint density at radius 2 is 2.13 bits per heavy atom. The highest BCUT2D eigenvalue weighted by molar-refractivity contribution is 5.78. The minimum atomic E-state index is 0.546. The molecular formula is C12H25N3. The van der Waals surface area contributed by atoms with Gasteiger partial charge in [0.25, 0.3) is 0 Å². The molecule has 1 rings (SSSR count). The highest BCUT2D eigenvalue weighted by atomic mass is 15.3. The summed E-state index contributed by atoms with van der Waals surface area (Å²) in [5.74, 6) is 2.15.